The van der Waals surface area contributed by atoms with Crippen molar-refractivity contribution in [3.8, 4) is 0 Å². The average Bonchev–Trinajstić information content (AvgIpc) is 3.08. The van der Waals surface area contributed by atoms with Gasteiger partial charge in [0.05, 0.1) is 24.3 Å². The first-order valence-electron chi connectivity index (χ1n) is 6.22. The number of hydrogen-bond acceptors (Lipinski definition) is 3. The van der Waals surface area contributed by atoms with Gasteiger partial charge in [0.25, 0.3) is 0 Å². The van der Waals surface area contributed by atoms with Crippen LogP contribution in [0.15, 0.2) is 18.6 Å². The van der Waals surface area contributed by atoms with Crippen LogP contribution in [-0.4, -0.2) is 14.5 Å². The van der Waals surface area contributed by atoms with Crippen LogP contribution < -0.4 is 5.32 Å². The van der Waals surface area contributed by atoms with Gasteiger partial charge in [0.15, 0.2) is 5.15 Å². The zero-order valence-corrected chi connectivity index (χ0v) is 12.0. The molecule has 1 aliphatic rings. The quantitative estimate of drug-likeness (QED) is 0.872. The van der Waals surface area contributed by atoms with Gasteiger partial charge in [-0.3, -0.25) is 0 Å². The Kier molecular flexibility index (Phi) is 3.37. The summed E-state index contributed by atoms with van der Waals surface area (Å²) in [5.41, 5.74) is 2.98. The maximum Gasteiger partial charge on any atom is 0.154 e. The Morgan fingerprint density at radius 1 is 1.42 bits per heavy atom. The van der Waals surface area contributed by atoms with E-state index in [0.717, 1.165) is 16.9 Å². The maximum absolute atomic E-state index is 6.11. The molecule has 100 valence electrons. The van der Waals surface area contributed by atoms with Crippen molar-refractivity contribution in [1.29, 1.82) is 0 Å². The van der Waals surface area contributed by atoms with Gasteiger partial charge in [-0.1, -0.05) is 23.2 Å². The summed E-state index contributed by atoms with van der Waals surface area (Å²) in [6.45, 7) is 2.64. The number of hydrogen-bond donors (Lipinski definition) is 1. The molecule has 0 bridgehead atoms. The molecule has 1 N–H and O–H groups in total. The fourth-order valence-corrected chi connectivity index (χ4v) is 2.74. The molecule has 1 fully saturated rings. The molecular weight excluding hydrogens is 283 g/mol. The molecule has 1 saturated carbocycles. The highest BCUT2D eigenvalue weighted by atomic mass is 35.5. The molecule has 4 nitrogen and oxygen atoms in total. The van der Waals surface area contributed by atoms with Crippen molar-refractivity contribution in [1.82, 2.24) is 14.5 Å². The van der Waals surface area contributed by atoms with Crippen LogP contribution >= 0.6 is 23.2 Å². The topological polar surface area (TPSA) is 42.7 Å². The molecule has 3 rings (SSSR count). The van der Waals surface area contributed by atoms with Crippen molar-refractivity contribution in [3.05, 3.63) is 40.2 Å². The first-order valence-corrected chi connectivity index (χ1v) is 6.98. The average molecular weight is 297 g/mol. The number of halogens is 2. The highest BCUT2D eigenvalue weighted by Gasteiger charge is 2.25. The summed E-state index contributed by atoms with van der Waals surface area (Å²) in [5.74, 6) is 0. The van der Waals surface area contributed by atoms with Gasteiger partial charge in [-0.15, -0.1) is 0 Å². The smallest absolute Gasteiger partial charge is 0.154 e. The molecule has 0 amide bonds. The minimum atomic E-state index is 0.405. The number of anilines is 1. The fraction of sp³-hybridized carbons (Fsp3) is 0.385. The van der Waals surface area contributed by atoms with E-state index in [0.29, 0.717) is 22.9 Å². The minimum absolute atomic E-state index is 0.405. The van der Waals surface area contributed by atoms with E-state index in [2.05, 4.69) is 19.9 Å². The van der Waals surface area contributed by atoms with Crippen LogP contribution in [0.25, 0.3) is 0 Å². The van der Waals surface area contributed by atoms with E-state index in [1.165, 1.54) is 12.8 Å². The summed E-state index contributed by atoms with van der Waals surface area (Å²) < 4.78 is 2.22. The second-order valence-corrected chi connectivity index (χ2v) is 5.55. The van der Waals surface area contributed by atoms with Crippen molar-refractivity contribution in [3.63, 3.8) is 0 Å². The van der Waals surface area contributed by atoms with E-state index in [4.69, 9.17) is 23.2 Å². The van der Waals surface area contributed by atoms with Gasteiger partial charge < -0.3 is 9.88 Å². The summed E-state index contributed by atoms with van der Waals surface area (Å²) in [7, 11) is 0. The third-order valence-electron chi connectivity index (χ3n) is 3.27. The molecule has 0 unspecified atom stereocenters. The van der Waals surface area contributed by atoms with E-state index < -0.39 is 0 Å². The van der Waals surface area contributed by atoms with E-state index in [1.807, 2.05) is 19.4 Å². The Bertz CT molecular complexity index is 581. The molecule has 0 spiro atoms. The first-order chi connectivity index (χ1) is 9.15. The Morgan fingerprint density at radius 2 is 2.21 bits per heavy atom. The number of pyridine rings is 1. The molecular formula is C13H14Cl2N4. The van der Waals surface area contributed by atoms with Gasteiger partial charge in [0.1, 0.15) is 5.15 Å². The second kappa shape index (κ2) is 5.02. The molecule has 0 saturated heterocycles. The van der Waals surface area contributed by atoms with E-state index in [9.17, 15) is 0 Å². The standard InChI is InChI=1S/C13H14Cl2N4/c1-8-4-11(14)18-13(15)12(8)17-6-10-5-16-7-19(10)9-2-3-9/h4-5,7,9,17H,2-3,6H2,1H3. The molecule has 0 aliphatic heterocycles. The van der Waals surface area contributed by atoms with Gasteiger partial charge in [-0.05, 0) is 31.4 Å². The van der Waals surface area contributed by atoms with Crippen LogP contribution in [0.4, 0.5) is 5.69 Å². The summed E-state index contributed by atoms with van der Waals surface area (Å²) >= 11 is 12.0. The number of nitrogens with zero attached hydrogens (tertiary/aromatic N) is 3. The third kappa shape index (κ3) is 2.69. The van der Waals surface area contributed by atoms with Gasteiger partial charge in [-0.25, -0.2) is 9.97 Å². The summed E-state index contributed by atoms with van der Waals surface area (Å²) in [5, 5.41) is 4.14. The Morgan fingerprint density at radius 3 is 2.89 bits per heavy atom. The van der Waals surface area contributed by atoms with E-state index in [1.54, 1.807) is 6.07 Å². The molecule has 0 radical (unpaired) electrons. The lowest BCUT2D eigenvalue weighted by Crippen LogP contribution is -2.07. The molecule has 0 atom stereocenters. The Hall–Kier alpha value is -1.26. The number of imidazole rings is 1. The minimum Gasteiger partial charge on any atom is -0.377 e. The second-order valence-electron chi connectivity index (χ2n) is 4.80. The number of rotatable bonds is 4. The predicted molar refractivity (Wildman–Crippen MR) is 76.8 cm³/mol. The van der Waals surface area contributed by atoms with Crippen LogP contribution in [0.2, 0.25) is 10.3 Å². The third-order valence-corrected chi connectivity index (χ3v) is 3.74. The summed E-state index contributed by atoms with van der Waals surface area (Å²) in [6, 6.07) is 2.42. The largest absolute Gasteiger partial charge is 0.377 e. The van der Waals surface area contributed by atoms with Gasteiger partial charge >= 0.3 is 0 Å². The summed E-state index contributed by atoms with van der Waals surface area (Å²) in [4.78, 5) is 8.26. The highest BCUT2D eigenvalue weighted by molar-refractivity contribution is 6.34. The normalized spacial score (nSPS) is 14.7. The summed E-state index contributed by atoms with van der Waals surface area (Å²) in [6.07, 6.45) is 6.26. The molecule has 0 aromatic carbocycles. The molecule has 1 aliphatic carbocycles. The van der Waals surface area contributed by atoms with Crippen molar-refractivity contribution >= 4 is 28.9 Å². The van der Waals surface area contributed by atoms with Crippen molar-refractivity contribution < 1.29 is 0 Å². The van der Waals surface area contributed by atoms with Crippen LogP contribution in [0.5, 0.6) is 0 Å². The van der Waals surface area contributed by atoms with Crippen LogP contribution in [0, 0.1) is 6.92 Å². The predicted octanol–water partition coefficient (Wildman–Crippen LogP) is 3.84. The van der Waals surface area contributed by atoms with Crippen molar-refractivity contribution in [2.24, 2.45) is 0 Å². The monoisotopic (exact) mass is 296 g/mol. The molecule has 2 aromatic heterocycles. The Labute approximate surface area is 121 Å². The van der Waals surface area contributed by atoms with Crippen LogP contribution in [0.3, 0.4) is 0 Å². The van der Waals surface area contributed by atoms with Crippen LogP contribution in [-0.2, 0) is 6.54 Å². The lowest BCUT2D eigenvalue weighted by Gasteiger charge is -2.12. The van der Waals surface area contributed by atoms with Gasteiger partial charge in [-0.2, -0.15) is 0 Å². The van der Waals surface area contributed by atoms with E-state index in [-0.39, 0.29) is 0 Å². The maximum atomic E-state index is 6.11. The van der Waals surface area contributed by atoms with Gasteiger partial charge in [0.2, 0.25) is 0 Å². The fourth-order valence-electron chi connectivity index (χ4n) is 2.14. The van der Waals surface area contributed by atoms with Gasteiger partial charge in [0, 0.05) is 12.2 Å². The first kappa shape index (κ1) is 12.8. The SMILES string of the molecule is Cc1cc(Cl)nc(Cl)c1NCc1cncn1C1CC1. The van der Waals surface area contributed by atoms with E-state index >= 15 is 0 Å². The lowest BCUT2D eigenvalue weighted by atomic mass is 10.2. The van der Waals surface area contributed by atoms with Crippen molar-refractivity contribution in [2.45, 2.75) is 32.4 Å². The van der Waals surface area contributed by atoms with Crippen molar-refractivity contribution in [2.75, 3.05) is 5.32 Å². The molecule has 2 heterocycles. The number of aryl methyl sites for hydroxylation is 1. The molecule has 6 heteroatoms. The zero-order valence-electron chi connectivity index (χ0n) is 10.5. The Balaban J connectivity index is 1.77. The van der Waals surface area contributed by atoms with Crippen LogP contribution in [0.1, 0.15) is 30.1 Å². The number of nitrogens with one attached hydrogen (secondary N) is 1. The number of aromatic nitrogens is 3. The molecule has 2 aromatic rings. The zero-order chi connectivity index (χ0) is 13.4. The lowest BCUT2D eigenvalue weighted by molar-refractivity contribution is 0.701. The molecule has 19 heavy (non-hydrogen) atoms. The highest BCUT2D eigenvalue weighted by Crippen LogP contribution is 2.36.